The predicted molar refractivity (Wildman–Crippen MR) is 63.2 cm³/mol. The fraction of sp³-hybridized carbons (Fsp3) is 0.400. The molecule has 0 aromatic carbocycles. The Bertz CT molecular complexity index is 556. The highest BCUT2D eigenvalue weighted by molar-refractivity contribution is 7.89. The van der Waals surface area contributed by atoms with Gasteiger partial charge in [0.1, 0.15) is 5.56 Å². The number of rotatable bonds is 6. The van der Waals surface area contributed by atoms with E-state index in [1.807, 2.05) is 0 Å². The average Bonchev–Trinajstić information content (AvgIpc) is 2.79. The van der Waals surface area contributed by atoms with E-state index in [-0.39, 0.29) is 30.2 Å². The number of carbonyl (C=O) groups is 1. The van der Waals surface area contributed by atoms with Crippen LogP contribution >= 0.6 is 0 Å². The molecule has 98 valence electrons. The summed E-state index contributed by atoms with van der Waals surface area (Å²) >= 11 is 0. The van der Waals surface area contributed by atoms with Gasteiger partial charge in [0.05, 0.1) is 12.8 Å². The number of aromatic amines is 1. The van der Waals surface area contributed by atoms with Gasteiger partial charge in [-0.1, -0.05) is 0 Å². The minimum Gasteiger partial charge on any atom is -0.462 e. The zero-order valence-corrected chi connectivity index (χ0v) is 10.6. The molecule has 0 unspecified atom stereocenters. The predicted octanol–water partition coefficient (Wildman–Crippen LogP) is -0.112. The van der Waals surface area contributed by atoms with Crippen molar-refractivity contribution in [1.82, 2.24) is 14.9 Å². The highest BCUT2D eigenvalue weighted by Gasteiger charge is 2.25. The molecule has 0 fully saturated rings. The molecule has 8 heteroatoms. The SMILES string of the molecule is C#CCCNS(=O)(=O)c1[nH]ncc1C(=O)OCC. The number of hydrogen-bond acceptors (Lipinski definition) is 5. The highest BCUT2D eigenvalue weighted by atomic mass is 32.2. The first-order valence-corrected chi connectivity index (χ1v) is 6.65. The summed E-state index contributed by atoms with van der Waals surface area (Å²) in [4.78, 5) is 11.5. The van der Waals surface area contributed by atoms with Crippen molar-refractivity contribution in [2.75, 3.05) is 13.2 Å². The van der Waals surface area contributed by atoms with E-state index in [1.54, 1.807) is 6.92 Å². The third kappa shape index (κ3) is 3.32. The quantitative estimate of drug-likeness (QED) is 0.427. The number of nitrogens with one attached hydrogen (secondary N) is 2. The summed E-state index contributed by atoms with van der Waals surface area (Å²) in [5.41, 5.74) is -0.134. The van der Waals surface area contributed by atoms with Gasteiger partial charge in [-0.15, -0.1) is 12.3 Å². The van der Waals surface area contributed by atoms with E-state index in [2.05, 4.69) is 20.8 Å². The van der Waals surface area contributed by atoms with Crippen molar-refractivity contribution in [2.24, 2.45) is 0 Å². The van der Waals surface area contributed by atoms with Crippen LogP contribution in [0, 0.1) is 12.3 Å². The van der Waals surface area contributed by atoms with E-state index in [4.69, 9.17) is 11.2 Å². The first kappa shape index (κ1) is 14.2. The van der Waals surface area contributed by atoms with Crippen LogP contribution in [0.15, 0.2) is 11.2 Å². The molecule has 18 heavy (non-hydrogen) atoms. The van der Waals surface area contributed by atoms with Crippen LogP contribution in [0.4, 0.5) is 0 Å². The van der Waals surface area contributed by atoms with Gasteiger partial charge in [0, 0.05) is 13.0 Å². The molecule has 1 aromatic heterocycles. The van der Waals surface area contributed by atoms with Gasteiger partial charge in [-0.2, -0.15) is 5.10 Å². The highest BCUT2D eigenvalue weighted by Crippen LogP contribution is 2.12. The number of terminal acetylenes is 1. The van der Waals surface area contributed by atoms with Crippen molar-refractivity contribution >= 4 is 16.0 Å². The van der Waals surface area contributed by atoms with Gasteiger partial charge in [-0.05, 0) is 6.92 Å². The summed E-state index contributed by atoms with van der Waals surface area (Å²) in [6, 6.07) is 0. The van der Waals surface area contributed by atoms with E-state index < -0.39 is 16.0 Å². The maximum Gasteiger partial charge on any atom is 0.342 e. The maximum atomic E-state index is 11.8. The Morgan fingerprint density at radius 2 is 2.39 bits per heavy atom. The standard InChI is InChI=1S/C10H13N3O4S/c1-3-5-6-12-18(15,16)9-8(7-11-13-9)10(14)17-4-2/h1,7,12H,4-6H2,2H3,(H,11,13). The van der Waals surface area contributed by atoms with Gasteiger partial charge < -0.3 is 4.74 Å². The third-order valence-corrected chi connectivity index (χ3v) is 3.36. The first-order chi connectivity index (χ1) is 8.53. The minimum absolute atomic E-state index is 0.0835. The Balaban J connectivity index is 2.93. The van der Waals surface area contributed by atoms with E-state index in [1.165, 1.54) is 0 Å². The number of hydrogen-bond donors (Lipinski definition) is 2. The molecule has 1 heterocycles. The van der Waals surface area contributed by atoms with Gasteiger partial charge in [0.2, 0.25) is 0 Å². The van der Waals surface area contributed by atoms with Crippen LogP contribution < -0.4 is 4.72 Å². The molecule has 0 aliphatic heterocycles. The molecule has 7 nitrogen and oxygen atoms in total. The van der Waals surface area contributed by atoms with E-state index in [0.29, 0.717) is 0 Å². The van der Waals surface area contributed by atoms with Crippen molar-refractivity contribution in [3.05, 3.63) is 11.8 Å². The summed E-state index contributed by atoms with van der Waals surface area (Å²) in [7, 11) is -3.85. The lowest BCUT2D eigenvalue weighted by molar-refractivity contribution is 0.0522. The van der Waals surface area contributed by atoms with Crippen LogP contribution in [-0.4, -0.2) is 37.7 Å². The summed E-state index contributed by atoms with van der Waals surface area (Å²) in [5, 5.41) is 5.47. The van der Waals surface area contributed by atoms with Gasteiger partial charge in [0.25, 0.3) is 10.0 Å². The second-order valence-corrected chi connectivity index (χ2v) is 4.89. The van der Waals surface area contributed by atoms with Crippen LogP contribution in [0.25, 0.3) is 0 Å². The lowest BCUT2D eigenvalue weighted by Crippen LogP contribution is -2.26. The van der Waals surface area contributed by atoms with Crippen LogP contribution in [0.2, 0.25) is 0 Å². The van der Waals surface area contributed by atoms with E-state index in [9.17, 15) is 13.2 Å². The Morgan fingerprint density at radius 1 is 1.67 bits per heavy atom. The van der Waals surface area contributed by atoms with Gasteiger partial charge in [-0.25, -0.2) is 17.9 Å². The van der Waals surface area contributed by atoms with Crippen molar-refractivity contribution in [3.8, 4) is 12.3 Å². The molecular formula is C10H13N3O4S. The number of carbonyl (C=O) groups excluding carboxylic acids is 1. The number of esters is 1. The van der Waals surface area contributed by atoms with Crippen molar-refractivity contribution in [3.63, 3.8) is 0 Å². The summed E-state index contributed by atoms with van der Waals surface area (Å²) < 4.78 is 30.7. The number of ether oxygens (including phenoxy) is 1. The number of H-pyrrole nitrogens is 1. The number of sulfonamides is 1. The smallest absolute Gasteiger partial charge is 0.342 e. The van der Waals surface area contributed by atoms with Crippen molar-refractivity contribution in [1.29, 1.82) is 0 Å². The molecule has 0 saturated carbocycles. The molecule has 0 aliphatic rings. The first-order valence-electron chi connectivity index (χ1n) is 5.16. The zero-order valence-electron chi connectivity index (χ0n) is 9.76. The molecule has 2 N–H and O–H groups in total. The normalized spacial score (nSPS) is 10.9. The molecular weight excluding hydrogens is 258 g/mol. The summed E-state index contributed by atoms with van der Waals surface area (Å²) in [6.07, 6.45) is 6.37. The fourth-order valence-electron chi connectivity index (χ4n) is 1.16. The molecule has 0 bridgehead atoms. The molecule has 1 rings (SSSR count). The second kappa shape index (κ2) is 6.18. The van der Waals surface area contributed by atoms with Gasteiger partial charge >= 0.3 is 5.97 Å². The fourth-order valence-corrected chi connectivity index (χ4v) is 2.28. The van der Waals surface area contributed by atoms with Crippen molar-refractivity contribution in [2.45, 2.75) is 18.4 Å². The van der Waals surface area contributed by atoms with Crippen molar-refractivity contribution < 1.29 is 17.9 Å². The Morgan fingerprint density at radius 3 is 3.00 bits per heavy atom. The Kier molecular flexibility index (Phi) is 4.88. The number of aromatic nitrogens is 2. The molecule has 0 saturated heterocycles. The van der Waals surface area contributed by atoms with E-state index in [0.717, 1.165) is 6.20 Å². The molecule has 0 aliphatic carbocycles. The van der Waals surface area contributed by atoms with E-state index >= 15 is 0 Å². The molecule has 0 amide bonds. The van der Waals surface area contributed by atoms with Gasteiger partial charge in [-0.3, -0.25) is 5.10 Å². The summed E-state index contributed by atoms with van der Waals surface area (Å²) in [5.74, 6) is 1.55. The molecule has 0 spiro atoms. The largest absolute Gasteiger partial charge is 0.462 e. The Hall–Kier alpha value is -1.85. The third-order valence-electron chi connectivity index (χ3n) is 1.93. The minimum atomic E-state index is -3.85. The summed E-state index contributed by atoms with van der Waals surface area (Å²) in [6.45, 7) is 1.85. The van der Waals surface area contributed by atoms with Crippen LogP contribution in [0.1, 0.15) is 23.7 Å². The number of nitrogens with zero attached hydrogens (tertiary/aromatic N) is 1. The molecule has 0 atom stereocenters. The monoisotopic (exact) mass is 271 g/mol. The average molecular weight is 271 g/mol. The lowest BCUT2D eigenvalue weighted by atomic mass is 10.4. The maximum absolute atomic E-state index is 11.8. The molecule has 0 radical (unpaired) electrons. The van der Waals surface area contributed by atoms with Crippen LogP contribution in [0.3, 0.4) is 0 Å². The molecule has 1 aromatic rings. The Labute approximate surface area is 105 Å². The van der Waals surface area contributed by atoms with Gasteiger partial charge in [0.15, 0.2) is 5.03 Å². The lowest BCUT2D eigenvalue weighted by Gasteiger charge is -2.05. The second-order valence-electron chi connectivity index (χ2n) is 3.19. The van der Waals surface area contributed by atoms with Crippen LogP contribution in [-0.2, 0) is 14.8 Å². The zero-order chi connectivity index (χ0) is 13.6. The topological polar surface area (TPSA) is 101 Å². The van der Waals surface area contributed by atoms with Crippen LogP contribution in [0.5, 0.6) is 0 Å².